The third kappa shape index (κ3) is 4.79. The predicted octanol–water partition coefficient (Wildman–Crippen LogP) is 3.97. The van der Waals surface area contributed by atoms with Gasteiger partial charge in [-0.05, 0) is 31.2 Å². The highest BCUT2D eigenvalue weighted by molar-refractivity contribution is 6.33. The summed E-state index contributed by atoms with van der Waals surface area (Å²) in [4.78, 5) is 33.7. The summed E-state index contributed by atoms with van der Waals surface area (Å²) < 4.78 is 1.51. The van der Waals surface area contributed by atoms with Crippen molar-refractivity contribution < 1.29 is 4.79 Å². The van der Waals surface area contributed by atoms with Gasteiger partial charge in [0, 0.05) is 24.2 Å². The van der Waals surface area contributed by atoms with E-state index >= 15 is 0 Å². The van der Waals surface area contributed by atoms with Gasteiger partial charge in [-0.1, -0.05) is 34.8 Å². The average Bonchev–Trinajstić information content (AvgIpc) is 3.20. The van der Waals surface area contributed by atoms with Crippen molar-refractivity contribution in [3.05, 3.63) is 75.8 Å². The molecular weight excluding hydrogens is 463 g/mol. The minimum absolute atomic E-state index is 0.115. The second-order valence-corrected chi connectivity index (χ2v) is 7.54. The van der Waals surface area contributed by atoms with Crippen molar-refractivity contribution in [2.24, 2.45) is 0 Å². The van der Waals surface area contributed by atoms with Crippen LogP contribution in [0, 0.1) is 0 Å². The van der Waals surface area contributed by atoms with E-state index in [9.17, 15) is 4.79 Å². The molecule has 0 saturated carbocycles. The van der Waals surface area contributed by atoms with E-state index in [-0.39, 0.29) is 15.9 Å². The van der Waals surface area contributed by atoms with Gasteiger partial charge >= 0.3 is 0 Å². The zero-order valence-electron chi connectivity index (χ0n) is 15.9. The highest BCUT2D eigenvalue weighted by Crippen LogP contribution is 2.21. The van der Waals surface area contributed by atoms with Crippen LogP contribution in [0.2, 0.25) is 15.3 Å². The molecular formula is C19H13Cl3N8O. The van der Waals surface area contributed by atoms with E-state index in [1.54, 1.807) is 37.6 Å². The monoisotopic (exact) mass is 474 g/mol. The SMILES string of the molecule is CC(NC(=O)c1cc(Cl)nc(Cl)c1)c1nc(-c2cnccn2)nn1-c1ccc(Cl)cn1. The maximum absolute atomic E-state index is 12.7. The van der Waals surface area contributed by atoms with Crippen molar-refractivity contribution in [2.75, 3.05) is 0 Å². The molecule has 1 atom stereocenters. The maximum atomic E-state index is 12.7. The fourth-order valence-electron chi connectivity index (χ4n) is 2.73. The Bertz CT molecular complexity index is 1210. The molecule has 0 aliphatic carbocycles. The molecule has 0 aliphatic rings. The van der Waals surface area contributed by atoms with E-state index in [0.717, 1.165) is 0 Å². The molecule has 156 valence electrons. The van der Waals surface area contributed by atoms with E-state index < -0.39 is 11.9 Å². The number of rotatable bonds is 5. The Hall–Kier alpha value is -3.14. The van der Waals surface area contributed by atoms with Gasteiger partial charge in [0.1, 0.15) is 16.0 Å². The van der Waals surface area contributed by atoms with E-state index in [2.05, 4.69) is 35.3 Å². The topological polar surface area (TPSA) is 111 Å². The summed E-state index contributed by atoms with van der Waals surface area (Å²) in [5, 5.41) is 8.07. The average molecular weight is 476 g/mol. The summed E-state index contributed by atoms with van der Waals surface area (Å²) in [6, 6.07) is 5.66. The fraction of sp³-hybridized carbons (Fsp3) is 0.105. The first kappa shape index (κ1) is 21.1. The summed E-state index contributed by atoms with van der Waals surface area (Å²) in [6.45, 7) is 1.76. The molecule has 1 unspecified atom stereocenters. The molecule has 4 rings (SSSR count). The number of halogens is 3. The van der Waals surface area contributed by atoms with Gasteiger partial charge in [-0.25, -0.2) is 19.9 Å². The van der Waals surface area contributed by atoms with Crippen LogP contribution >= 0.6 is 34.8 Å². The van der Waals surface area contributed by atoms with Gasteiger partial charge in [0.25, 0.3) is 5.91 Å². The minimum atomic E-state index is -0.561. The molecule has 4 aromatic heterocycles. The molecule has 0 aliphatic heterocycles. The fourth-order valence-corrected chi connectivity index (χ4v) is 3.30. The number of aromatic nitrogens is 7. The standard InChI is InChI=1S/C19H13Cl3N8O/c1-10(26-19(31)11-6-14(21)27-15(22)7-11)18-28-17(13-9-23-4-5-24-13)29-30(18)16-3-2-12(20)8-25-16/h2-10H,1H3,(H,26,31). The molecule has 9 nitrogen and oxygen atoms in total. The number of hydrogen-bond donors (Lipinski definition) is 1. The molecule has 0 aromatic carbocycles. The molecule has 1 amide bonds. The van der Waals surface area contributed by atoms with Gasteiger partial charge in [-0.2, -0.15) is 4.68 Å². The zero-order chi connectivity index (χ0) is 22.0. The van der Waals surface area contributed by atoms with Crippen LogP contribution in [-0.2, 0) is 0 Å². The van der Waals surface area contributed by atoms with Crippen molar-refractivity contribution >= 4 is 40.7 Å². The molecule has 12 heteroatoms. The van der Waals surface area contributed by atoms with E-state index in [0.29, 0.717) is 28.2 Å². The zero-order valence-corrected chi connectivity index (χ0v) is 18.1. The lowest BCUT2D eigenvalue weighted by molar-refractivity contribution is 0.0937. The van der Waals surface area contributed by atoms with Crippen molar-refractivity contribution in [1.29, 1.82) is 0 Å². The maximum Gasteiger partial charge on any atom is 0.252 e. The Morgan fingerprint density at radius 2 is 1.81 bits per heavy atom. The molecule has 0 spiro atoms. The Morgan fingerprint density at radius 3 is 2.45 bits per heavy atom. The second-order valence-electron chi connectivity index (χ2n) is 6.33. The summed E-state index contributed by atoms with van der Waals surface area (Å²) in [5.41, 5.74) is 0.740. The Morgan fingerprint density at radius 1 is 1.03 bits per heavy atom. The highest BCUT2D eigenvalue weighted by Gasteiger charge is 2.22. The first-order valence-electron chi connectivity index (χ1n) is 8.90. The Balaban J connectivity index is 1.70. The summed E-state index contributed by atoms with van der Waals surface area (Å²) >= 11 is 17.8. The quantitative estimate of drug-likeness (QED) is 0.435. The lowest BCUT2D eigenvalue weighted by atomic mass is 10.2. The van der Waals surface area contributed by atoms with Gasteiger partial charge in [-0.15, -0.1) is 5.10 Å². The summed E-state index contributed by atoms with van der Waals surface area (Å²) in [6.07, 6.45) is 6.13. The smallest absolute Gasteiger partial charge is 0.252 e. The van der Waals surface area contributed by atoms with Gasteiger partial charge in [0.05, 0.1) is 17.3 Å². The minimum Gasteiger partial charge on any atom is -0.342 e. The van der Waals surface area contributed by atoms with Crippen molar-refractivity contribution in [3.63, 3.8) is 0 Å². The van der Waals surface area contributed by atoms with Gasteiger partial charge in [0.2, 0.25) is 5.82 Å². The first-order chi connectivity index (χ1) is 14.9. The molecule has 0 fully saturated rings. The van der Waals surface area contributed by atoms with E-state index in [4.69, 9.17) is 34.8 Å². The van der Waals surface area contributed by atoms with Gasteiger partial charge < -0.3 is 5.32 Å². The van der Waals surface area contributed by atoms with Crippen LogP contribution in [0.5, 0.6) is 0 Å². The number of hydrogen-bond acceptors (Lipinski definition) is 7. The van der Waals surface area contributed by atoms with E-state index in [1.807, 2.05) is 0 Å². The van der Waals surface area contributed by atoms with Crippen LogP contribution in [0.15, 0.2) is 49.1 Å². The molecule has 4 heterocycles. The van der Waals surface area contributed by atoms with Crippen LogP contribution in [0.1, 0.15) is 29.1 Å². The van der Waals surface area contributed by atoms with Crippen LogP contribution in [0.4, 0.5) is 0 Å². The predicted molar refractivity (Wildman–Crippen MR) is 115 cm³/mol. The largest absolute Gasteiger partial charge is 0.342 e. The molecule has 31 heavy (non-hydrogen) atoms. The summed E-state index contributed by atoms with van der Waals surface area (Å²) in [7, 11) is 0. The van der Waals surface area contributed by atoms with Crippen molar-refractivity contribution in [2.45, 2.75) is 13.0 Å². The van der Waals surface area contributed by atoms with E-state index in [1.165, 1.54) is 23.0 Å². The van der Waals surface area contributed by atoms with Crippen molar-refractivity contribution in [3.8, 4) is 17.3 Å². The number of carbonyl (C=O) groups is 1. The third-order valence-electron chi connectivity index (χ3n) is 4.11. The molecule has 0 saturated heterocycles. The Labute approximate surface area is 191 Å². The first-order valence-corrected chi connectivity index (χ1v) is 10.0. The number of amides is 1. The van der Waals surface area contributed by atoms with Crippen LogP contribution in [0.3, 0.4) is 0 Å². The third-order valence-corrected chi connectivity index (χ3v) is 4.72. The van der Waals surface area contributed by atoms with Gasteiger partial charge in [0.15, 0.2) is 11.6 Å². The number of nitrogens with zero attached hydrogens (tertiary/aromatic N) is 7. The van der Waals surface area contributed by atoms with Gasteiger partial charge in [-0.3, -0.25) is 9.78 Å². The lowest BCUT2D eigenvalue weighted by Crippen LogP contribution is -2.29. The highest BCUT2D eigenvalue weighted by atomic mass is 35.5. The van der Waals surface area contributed by atoms with Crippen LogP contribution in [0.25, 0.3) is 17.3 Å². The molecule has 1 N–H and O–H groups in total. The number of carbonyl (C=O) groups excluding carboxylic acids is 1. The molecule has 4 aromatic rings. The number of pyridine rings is 2. The van der Waals surface area contributed by atoms with Crippen LogP contribution < -0.4 is 5.32 Å². The molecule has 0 bridgehead atoms. The van der Waals surface area contributed by atoms with Crippen molar-refractivity contribution in [1.82, 2.24) is 40.0 Å². The van der Waals surface area contributed by atoms with Crippen LogP contribution in [-0.4, -0.2) is 40.6 Å². The Kier molecular flexibility index (Phi) is 6.08. The normalized spacial score (nSPS) is 11.9. The molecule has 0 radical (unpaired) electrons. The summed E-state index contributed by atoms with van der Waals surface area (Å²) in [5.74, 6) is 0.822. The second kappa shape index (κ2) is 8.93. The number of nitrogens with one attached hydrogen (secondary N) is 1. The lowest BCUT2D eigenvalue weighted by Gasteiger charge is -2.14.